The number of carbonyl (C=O) groups is 1. The number of nitrogens with one attached hydrogen (secondary N) is 2. The van der Waals surface area contributed by atoms with Gasteiger partial charge in [-0.15, -0.1) is 35.3 Å². The van der Waals surface area contributed by atoms with Gasteiger partial charge in [0.15, 0.2) is 5.96 Å². The first kappa shape index (κ1) is 24.0. The van der Waals surface area contributed by atoms with Gasteiger partial charge < -0.3 is 20.3 Å². The van der Waals surface area contributed by atoms with E-state index in [1.165, 1.54) is 4.88 Å². The first-order valence-corrected chi connectivity index (χ1v) is 9.18. The molecule has 144 valence electrons. The van der Waals surface area contributed by atoms with Crippen molar-refractivity contribution in [2.24, 2.45) is 4.99 Å². The number of hydrogen-bond donors (Lipinski definition) is 2. The average Bonchev–Trinajstić information content (AvgIpc) is 2.98. The number of rotatable bonds is 7. The van der Waals surface area contributed by atoms with E-state index in [-0.39, 0.29) is 30.1 Å². The number of guanidine groups is 1. The average molecular weight is 482 g/mol. The van der Waals surface area contributed by atoms with E-state index in [0.717, 1.165) is 25.5 Å². The van der Waals surface area contributed by atoms with E-state index in [4.69, 9.17) is 4.74 Å². The molecule has 0 aromatic carbocycles. The first-order valence-electron chi connectivity index (χ1n) is 8.30. The molecule has 1 rings (SSSR count). The number of carbonyl (C=O) groups excluding carboxylic acids is 1. The molecular formula is C17H31IN4O2S. The maximum atomic E-state index is 11.9. The Kier molecular flexibility index (Phi) is 11.8. The minimum Gasteiger partial charge on any atom is -0.444 e. The van der Waals surface area contributed by atoms with Crippen LogP contribution in [0.3, 0.4) is 0 Å². The molecule has 0 saturated heterocycles. The van der Waals surface area contributed by atoms with Gasteiger partial charge in [0.05, 0.1) is 0 Å². The molecular weight excluding hydrogens is 451 g/mol. The van der Waals surface area contributed by atoms with Crippen molar-refractivity contribution >= 4 is 47.4 Å². The van der Waals surface area contributed by atoms with Crippen molar-refractivity contribution in [1.82, 2.24) is 15.5 Å². The van der Waals surface area contributed by atoms with E-state index in [1.807, 2.05) is 27.7 Å². The van der Waals surface area contributed by atoms with Crippen LogP contribution in [-0.2, 0) is 11.2 Å². The van der Waals surface area contributed by atoms with Crippen LogP contribution in [0.5, 0.6) is 0 Å². The molecule has 0 radical (unpaired) electrons. The van der Waals surface area contributed by atoms with E-state index >= 15 is 0 Å². The second-order valence-electron chi connectivity index (χ2n) is 6.42. The lowest BCUT2D eigenvalue weighted by molar-refractivity contribution is 0.0302. The molecule has 0 unspecified atom stereocenters. The van der Waals surface area contributed by atoms with Crippen LogP contribution >= 0.6 is 35.3 Å². The van der Waals surface area contributed by atoms with Gasteiger partial charge in [-0.05, 0) is 39.1 Å². The fraction of sp³-hybridized carbons (Fsp3) is 0.647. The van der Waals surface area contributed by atoms with Gasteiger partial charge in [0.1, 0.15) is 5.60 Å². The zero-order valence-corrected chi connectivity index (χ0v) is 18.9. The quantitative estimate of drug-likeness (QED) is 0.356. The van der Waals surface area contributed by atoms with Gasteiger partial charge in [-0.1, -0.05) is 6.07 Å². The Labute approximate surface area is 172 Å². The molecule has 1 aromatic rings. The highest BCUT2D eigenvalue weighted by atomic mass is 127. The predicted octanol–water partition coefficient (Wildman–Crippen LogP) is 3.33. The third kappa shape index (κ3) is 11.2. The summed E-state index contributed by atoms with van der Waals surface area (Å²) in [6.07, 6.45) is 0.621. The van der Waals surface area contributed by atoms with E-state index in [1.54, 1.807) is 23.3 Å². The molecule has 1 heterocycles. The first-order chi connectivity index (χ1) is 11.3. The number of likely N-dealkylation sites (N-methyl/N-ethyl adjacent to an activating group) is 1. The fourth-order valence-electron chi connectivity index (χ4n) is 1.85. The van der Waals surface area contributed by atoms with E-state index in [9.17, 15) is 4.79 Å². The summed E-state index contributed by atoms with van der Waals surface area (Å²) >= 11 is 1.75. The number of amides is 1. The van der Waals surface area contributed by atoms with Crippen molar-refractivity contribution in [2.75, 3.05) is 33.2 Å². The molecule has 0 aliphatic rings. The standard InChI is InChI=1S/C17H30N4O2S.HI/c1-6-18-15(19-10-9-14-8-7-13-24-14)20-11-12-21(5)16(22)23-17(2,3)4;/h7-8,13H,6,9-12H2,1-5H3,(H2,18,19,20);1H. The van der Waals surface area contributed by atoms with Gasteiger partial charge in [-0.25, -0.2) is 4.79 Å². The minimum atomic E-state index is -0.475. The van der Waals surface area contributed by atoms with Gasteiger partial charge in [0.25, 0.3) is 0 Å². The highest BCUT2D eigenvalue weighted by Crippen LogP contribution is 2.09. The van der Waals surface area contributed by atoms with Crippen LogP contribution in [0, 0.1) is 0 Å². The van der Waals surface area contributed by atoms with Gasteiger partial charge >= 0.3 is 6.09 Å². The molecule has 0 aliphatic heterocycles. The summed E-state index contributed by atoms with van der Waals surface area (Å²) in [7, 11) is 1.73. The van der Waals surface area contributed by atoms with Gasteiger partial charge in [-0.3, -0.25) is 4.99 Å². The number of halogens is 1. The van der Waals surface area contributed by atoms with Crippen LogP contribution in [0.25, 0.3) is 0 Å². The Balaban J connectivity index is 0.00000576. The van der Waals surface area contributed by atoms with E-state index in [2.05, 4.69) is 33.1 Å². The number of thiophene rings is 1. The molecule has 6 nitrogen and oxygen atoms in total. The van der Waals surface area contributed by atoms with Crippen LogP contribution in [0.2, 0.25) is 0 Å². The normalized spacial score (nSPS) is 11.5. The Morgan fingerprint density at radius 1 is 1.36 bits per heavy atom. The fourth-order valence-corrected chi connectivity index (χ4v) is 2.55. The van der Waals surface area contributed by atoms with Crippen molar-refractivity contribution in [1.29, 1.82) is 0 Å². The SMILES string of the molecule is CCNC(=NCCc1cccs1)NCCN(C)C(=O)OC(C)(C)C.I. The van der Waals surface area contributed by atoms with E-state index < -0.39 is 5.60 Å². The molecule has 2 N–H and O–H groups in total. The lowest BCUT2D eigenvalue weighted by atomic mass is 10.2. The highest BCUT2D eigenvalue weighted by Gasteiger charge is 2.19. The molecule has 0 saturated carbocycles. The Morgan fingerprint density at radius 3 is 2.64 bits per heavy atom. The van der Waals surface area contributed by atoms with Crippen molar-refractivity contribution in [2.45, 2.75) is 39.7 Å². The smallest absolute Gasteiger partial charge is 0.410 e. The monoisotopic (exact) mass is 482 g/mol. The second-order valence-corrected chi connectivity index (χ2v) is 7.45. The van der Waals surface area contributed by atoms with Crippen LogP contribution < -0.4 is 10.6 Å². The summed E-state index contributed by atoms with van der Waals surface area (Å²) in [6.45, 7) is 10.3. The summed E-state index contributed by atoms with van der Waals surface area (Å²) in [5.74, 6) is 0.770. The molecule has 0 bridgehead atoms. The van der Waals surface area contributed by atoms with Crippen molar-refractivity contribution in [3.05, 3.63) is 22.4 Å². The van der Waals surface area contributed by atoms with Crippen LogP contribution in [0.15, 0.2) is 22.5 Å². The predicted molar refractivity (Wildman–Crippen MR) is 116 cm³/mol. The number of hydrogen-bond acceptors (Lipinski definition) is 4. The summed E-state index contributed by atoms with van der Waals surface area (Å²) in [6, 6.07) is 4.18. The van der Waals surface area contributed by atoms with Gasteiger partial charge in [0, 0.05) is 44.5 Å². The van der Waals surface area contributed by atoms with Crippen LogP contribution in [-0.4, -0.2) is 55.8 Å². The molecule has 1 aromatic heterocycles. The maximum absolute atomic E-state index is 11.9. The zero-order valence-electron chi connectivity index (χ0n) is 15.8. The topological polar surface area (TPSA) is 66.0 Å². The van der Waals surface area contributed by atoms with Crippen molar-refractivity contribution < 1.29 is 9.53 Å². The number of nitrogens with zero attached hydrogens (tertiary/aromatic N) is 2. The van der Waals surface area contributed by atoms with Crippen molar-refractivity contribution in [3.63, 3.8) is 0 Å². The molecule has 0 fully saturated rings. The van der Waals surface area contributed by atoms with Gasteiger partial charge in [-0.2, -0.15) is 0 Å². The van der Waals surface area contributed by atoms with Crippen LogP contribution in [0.1, 0.15) is 32.6 Å². The Hall–Kier alpha value is -1.03. The largest absolute Gasteiger partial charge is 0.444 e. The molecule has 1 amide bonds. The lowest BCUT2D eigenvalue weighted by Gasteiger charge is -2.24. The molecule has 8 heteroatoms. The van der Waals surface area contributed by atoms with Crippen LogP contribution in [0.4, 0.5) is 4.79 Å². The van der Waals surface area contributed by atoms with Gasteiger partial charge in [0.2, 0.25) is 0 Å². The van der Waals surface area contributed by atoms with E-state index in [0.29, 0.717) is 13.1 Å². The molecule has 25 heavy (non-hydrogen) atoms. The minimum absolute atomic E-state index is 0. The number of ether oxygens (including phenoxy) is 1. The number of aliphatic imine (C=N–C) groups is 1. The van der Waals surface area contributed by atoms with Crippen molar-refractivity contribution in [3.8, 4) is 0 Å². The third-order valence-corrected chi connectivity index (χ3v) is 3.93. The molecule has 0 spiro atoms. The maximum Gasteiger partial charge on any atom is 0.410 e. The molecule has 0 aliphatic carbocycles. The molecule has 0 atom stereocenters. The highest BCUT2D eigenvalue weighted by molar-refractivity contribution is 14.0. The Bertz CT molecular complexity index is 515. The zero-order chi connectivity index (χ0) is 18.0. The second kappa shape index (κ2) is 12.3. The summed E-state index contributed by atoms with van der Waals surface area (Å²) in [5, 5.41) is 8.53. The lowest BCUT2D eigenvalue weighted by Crippen LogP contribution is -2.43. The summed E-state index contributed by atoms with van der Waals surface area (Å²) in [5.41, 5.74) is -0.475. The summed E-state index contributed by atoms with van der Waals surface area (Å²) in [4.78, 5) is 19.3. The summed E-state index contributed by atoms with van der Waals surface area (Å²) < 4.78 is 5.33. The third-order valence-electron chi connectivity index (χ3n) is 3.00. The Morgan fingerprint density at radius 2 is 2.08 bits per heavy atom.